The first-order valence-electron chi connectivity index (χ1n) is 14.3. The monoisotopic (exact) mass is 578 g/mol. The molecule has 0 bridgehead atoms. The van der Waals surface area contributed by atoms with Gasteiger partial charge in [-0.15, -0.1) is 0 Å². The molecule has 8 nitrogen and oxygen atoms in total. The lowest BCUT2D eigenvalue weighted by atomic mass is 10.0. The molecular formula is C32H42N4O4S. The standard InChI is InChI=1S/C32H42N4O4S/c1-5-6-19-36(31-22-24(2)7-8-25(31)3)32(37)33-27-17-20-35(21-18-27)23-26-9-13-29(14-10-26)40-30-15-11-28(12-16-30)34-41(4,38)39/h7-16,22,27,34H,5-6,17-21,23H2,1-4H3,(H,33,37). The lowest BCUT2D eigenvalue weighted by molar-refractivity contribution is 0.188. The Morgan fingerprint density at radius 1 is 0.976 bits per heavy atom. The number of anilines is 2. The number of carbonyl (C=O) groups excluding carboxylic acids is 1. The van der Waals surface area contributed by atoms with Crippen molar-refractivity contribution in [3.63, 3.8) is 0 Å². The fraction of sp³-hybridized carbons (Fsp3) is 0.406. The Morgan fingerprint density at radius 2 is 1.61 bits per heavy atom. The van der Waals surface area contributed by atoms with Crippen molar-refractivity contribution in [1.82, 2.24) is 10.2 Å². The molecule has 1 aliphatic rings. The fourth-order valence-electron chi connectivity index (χ4n) is 5.01. The zero-order valence-corrected chi connectivity index (χ0v) is 25.3. The molecule has 0 aliphatic carbocycles. The number of aryl methyl sites for hydroxylation is 2. The molecule has 9 heteroatoms. The van der Waals surface area contributed by atoms with Crippen molar-refractivity contribution < 1.29 is 17.9 Å². The molecule has 0 atom stereocenters. The van der Waals surface area contributed by atoms with E-state index in [1.807, 2.05) is 17.0 Å². The van der Waals surface area contributed by atoms with Gasteiger partial charge in [0.25, 0.3) is 0 Å². The van der Waals surface area contributed by atoms with E-state index in [9.17, 15) is 13.2 Å². The molecule has 3 aromatic carbocycles. The van der Waals surface area contributed by atoms with E-state index in [-0.39, 0.29) is 12.1 Å². The van der Waals surface area contributed by atoms with Crippen LogP contribution in [0.5, 0.6) is 11.5 Å². The van der Waals surface area contributed by atoms with Crippen molar-refractivity contribution in [3.05, 3.63) is 83.4 Å². The second-order valence-corrected chi connectivity index (χ2v) is 12.7. The van der Waals surface area contributed by atoms with Crippen LogP contribution in [0.1, 0.15) is 49.3 Å². The number of unbranched alkanes of at least 4 members (excludes halogenated alkanes) is 1. The van der Waals surface area contributed by atoms with Crippen LogP contribution >= 0.6 is 0 Å². The quantitative estimate of drug-likeness (QED) is 0.273. The van der Waals surface area contributed by atoms with Crippen LogP contribution in [0.2, 0.25) is 0 Å². The number of ether oxygens (including phenoxy) is 1. The van der Waals surface area contributed by atoms with Gasteiger partial charge in [0.15, 0.2) is 0 Å². The van der Waals surface area contributed by atoms with Crippen LogP contribution < -0.4 is 19.7 Å². The summed E-state index contributed by atoms with van der Waals surface area (Å²) in [6.07, 6.45) is 4.98. The van der Waals surface area contributed by atoms with Gasteiger partial charge in [0, 0.05) is 43.6 Å². The number of nitrogens with zero attached hydrogens (tertiary/aromatic N) is 2. The zero-order valence-electron chi connectivity index (χ0n) is 24.5. The van der Waals surface area contributed by atoms with Gasteiger partial charge < -0.3 is 10.1 Å². The minimum Gasteiger partial charge on any atom is -0.457 e. The number of urea groups is 1. The molecule has 2 amide bonds. The van der Waals surface area contributed by atoms with Crippen molar-refractivity contribution >= 4 is 27.4 Å². The van der Waals surface area contributed by atoms with Crippen LogP contribution in [0.25, 0.3) is 0 Å². The zero-order chi connectivity index (χ0) is 29.4. The molecule has 0 radical (unpaired) electrons. The van der Waals surface area contributed by atoms with Crippen molar-refractivity contribution in [2.45, 2.75) is 59.0 Å². The van der Waals surface area contributed by atoms with E-state index >= 15 is 0 Å². The molecule has 0 spiro atoms. The van der Waals surface area contributed by atoms with Crippen LogP contribution in [0.3, 0.4) is 0 Å². The van der Waals surface area contributed by atoms with Gasteiger partial charge in [0.05, 0.1) is 6.26 Å². The third-order valence-corrected chi connectivity index (χ3v) is 7.88. The topological polar surface area (TPSA) is 91.0 Å². The molecular weight excluding hydrogens is 536 g/mol. The molecule has 1 aliphatic heterocycles. The minimum absolute atomic E-state index is 0.00230. The maximum absolute atomic E-state index is 13.4. The number of piperidine rings is 1. The first kappa shape index (κ1) is 30.4. The first-order chi connectivity index (χ1) is 19.6. The molecule has 220 valence electrons. The van der Waals surface area contributed by atoms with E-state index in [4.69, 9.17) is 4.74 Å². The highest BCUT2D eigenvalue weighted by Gasteiger charge is 2.24. The summed E-state index contributed by atoms with van der Waals surface area (Å²) < 4.78 is 31.1. The number of hydrogen-bond acceptors (Lipinski definition) is 5. The Bertz CT molecular complexity index is 1400. The summed E-state index contributed by atoms with van der Waals surface area (Å²) in [6.45, 7) is 9.70. The summed E-state index contributed by atoms with van der Waals surface area (Å²) in [5, 5.41) is 3.31. The normalized spacial score (nSPS) is 14.4. The number of amides is 2. The summed E-state index contributed by atoms with van der Waals surface area (Å²) >= 11 is 0. The van der Waals surface area contributed by atoms with E-state index in [1.54, 1.807) is 24.3 Å². The van der Waals surface area contributed by atoms with Gasteiger partial charge in [-0.1, -0.05) is 37.6 Å². The summed E-state index contributed by atoms with van der Waals surface area (Å²) in [7, 11) is -3.31. The molecule has 0 aromatic heterocycles. The average molecular weight is 579 g/mol. The smallest absolute Gasteiger partial charge is 0.322 e. The molecule has 0 unspecified atom stereocenters. The molecule has 4 rings (SSSR count). The largest absolute Gasteiger partial charge is 0.457 e. The molecule has 1 saturated heterocycles. The van der Waals surface area contributed by atoms with E-state index in [0.717, 1.165) is 80.7 Å². The molecule has 2 N–H and O–H groups in total. The number of hydrogen-bond donors (Lipinski definition) is 2. The highest BCUT2D eigenvalue weighted by atomic mass is 32.2. The van der Waals surface area contributed by atoms with Crippen LogP contribution in [-0.4, -0.2) is 51.3 Å². The number of nitrogens with one attached hydrogen (secondary N) is 2. The second-order valence-electron chi connectivity index (χ2n) is 10.9. The predicted molar refractivity (Wildman–Crippen MR) is 166 cm³/mol. The summed E-state index contributed by atoms with van der Waals surface area (Å²) in [4.78, 5) is 17.7. The summed E-state index contributed by atoms with van der Waals surface area (Å²) in [5.74, 6) is 1.35. The Labute approximate surface area is 244 Å². The highest BCUT2D eigenvalue weighted by Crippen LogP contribution is 2.25. The maximum Gasteiger partial charge on any atom is 0.322 e. The van der Waals surface area contributed by atoms with E-state index in [0.29, 0.717) is 11.4 Å². The van der Waals surface area contributed by atoms with Gasteiger partial charge in [-0.3, -0.25) is 14.5 Å². The SMILES string of the molecule is CCCCN(C(=O)NC1CCN(Cc2ccc(Oc3ccc(NS(C)(=O)=O)cc3)cc2)CC1)c1cc(C)ccc1C. The average Bonchev–Trinajstić information content (AvgIpc) is 2.93. The van der Waals surface area contributed by atoms with Gasteiger partial charge in [-0.05, 0) is 92.3 Å². The van der Waals surface area contributed by atoms with Crippen molar-refractivity contribution in [1.29, 1.82) is 0 Å². The Kier molecular flexibility index (Phi) is 10.3. The van der Waals surface area contributed by atoms with Gasteiger partial charge >= 0.3 is 6.03 Å². The summed E-state index contributed by atoms with van der Waals surface area (Å²) in [6, 6.07) is 21.3. The van der Waals surface area contributed by atoms with Gasteiger partial charge in [-0.25, -0.2) is 13.2 Å². The van der Waals surface area contributed by atoms with Crippen molar-refractivity contribution in [2.24, 2.45) is 0 Å². The lowest BCUT2D eigenvalue weighted by Crippen LogP contribution is -2.49. The van der Waals surface area contributed by atoms with E-state index < -0.39 is 10.0 Å². The molecule has 1 heterocycles. The second kappa shape index (κ2) is 13.9. The Balaban J connectivity index is 1.26. The number of sulfonamides is 1. The third-order valence-electron chi connectivity index (χ3n) is 7.27. The number of likely N-dealkylation sites (tertiary alicyclic amines) is 1. The van der Waals surface area contributed by atoms with Crippen LogP contribution in [0, 0.1) is 13.8 Å². The fourth-order valence-corrected chi connectivity index (χ4v) is 5.57. The van der Waals surface area contributed by atoms with Gasteiger partial charge in [0.1, 0.15) is 11.5 Å². The molecule has 1 fully saturated rings. The van der Waals surface area contributed by atoms with E-state index in [2.05, 4.69) is 66.0 Å². The highest BCUT2D eigenvalue weighted by molar-refractivity contribution is 7.92. The first-order valence-corrected chi connectivity index (χ1v) is 16.2. The number of rotatable bonds is 11. The van der Waals surface area contributed by atoms with Crippen molar-refractivity contribution in [3.8, 4) is 11.5 Å². The summed E-state index contributed by atoms with van der Waals surface area (Å²) in [5.41, 5.74) is 4.97. The number of benzene rings is 3. The molecule has 0 saturated carbocycles. The number of carbonyl (C=O) groups is 1. The lowest BCUT2D eigenvalue weighted by Gasteiger charge is -2.34. The van der Waals surface area contributed by atoms with Gasteiger partial charge in [0.2, 0.25) is 10.0 Å². The molecule has 3 aromatic rings. The predicted octanol–water partition coefficient (Wildman–Crippen LogP) is 6.45. The Morgan fingerprint density at radius 3 is 2.22 bits per heavy atom. The minimum atomic E-state index is -3.31. The maximum atomic E-state index is 13.4. The van der Waals surface area contributed by atoms with Crippen molar-refractivity contribution in [2.75, 3.05) is 35.5 Å². The Hall–Kier alpha value is -3.56. The van der Waals surface area contributed by atoms with Crippen LogP contribution in [0.15, 0.2) is 66.7 Å². The van der Waals surface area contributed by atoms with Gasteiger partial charge in [-0.2, -0.15) is 0 Å². The molecule has 41 heavy (non-hydrogen) atoms. The van der Waals surface area contributed by atoms with E-state index in [1.165, 1.54) is 5.56 Å². The third kappa shape index (κ3) is 9.23. The van der Waals surface area contributed by atoms with Crippen LogP contribution in [-0.2, 0) is 16.6 Å². The van der Waals surface area contributed by atoms with Crippen LogP contribution in [0.4, 0.5) is 16.2 Å².